The molecule has 2 N–H and O–H groups in total. The smallest absolute Gasteiger partial charge is 0.171 e. The fourth-order valence-corrected chi connectivity index (χ4v) is 2.21. The standard InChI is InChI=1S/C14H12BrClN2S/c15-12-3-1-2-4-13(12)18-14(19)17-9-10-5-7-11(16)8-6-10/h1-8H,9H2,(H2,17,18,19). The van der Waals surface area contributed by atoms with Crippen LogP contribution in [0, 0.1) is 0 Å². The van der Waals surface area contributed by atoms with Crippen LogP contribution in [-0.4, -0.2) is 5.11 Å². The average molecular weight is 356 g/mol. The van der Waals surface area contributed by atoms with Crippen molar-refractivity contribution >= 4 is 50.5 Å². The lowest BCUT2D eigenvalue weighted by Gasteiger charge is -2.11. The van der Waals surface area contributed by atoms with Crippen molar-refractivity contribution < 1.29 is 0 Å². The van der Waals surface area contributed by atoms with Crippen molar-refractivity contribution in [1.29, 1.82) is 0 Å². The van der Waals surface area contributed by atoms with Crippen LogP contribution in [0.1, 0.15) is 5.56 Å². The van der Waals surface area contributed by atoms with Gasteiger partial charge in [0, 0.05) is 16.0 Å². The molecule has 0 saturated heterocycles. The molecule has 2 aromatic rings. The molecule has 0 amide bonds. The van der Waals surface area contributed by atoms with Gasteiger partial charge in [-0.25, -0.2) is 0 Å². The molecule has 0 aliphatic carbocycles. The van der Waals surface area contributed by atoms with E-state index in [0.717, 1.165) is 20.7 Å². The van der Waals surface area contributed by atoms with Crippen LogP contribution in [0.5, 0.6) is 0 Å². The van der Waals surface area contributed by atoms with Crippen molar-refractivity contribution in [2.24, 2.45) is 0 Å². The number of para-hydroxylation sites is 1. The molecule has 0 spiro atoms. The monoisotopic (exact) mass is 354 g/mol. The molecule has 0 unspecified atom stereocenters. The maximum atomic E-state index is 5.84. The number of halogens is 2. The molecule has 0 aliphatic rings. The summed E-state index contributed by atoms with van der Waals surface area (Å²) in [5.41, 5.74) is 2.07. The Morgan fingerprint density at radius 2 is 1.79 bits per heavy atom. The molecule has 0 fully saturated rings. The number of hydrogen-bond donors (Lipinski definition) is 2. The highest BCUT2D eigenvalue weighted by Crippen LogP contribution is 2.20. The molecule has 0 radical (unpaired) electrons. The Kier molecular flexibility index (Phi) is 5.19. The maximum Gasteiger partial charge on any atom is 0.171 e. The first-order valence-electron chi connectivity index (χ1n) is 5.69. The highest BCUT2D eigenvalue weighted by atomic mass is 79.9. The van der Waals surface area contributed by atoms with Gasteiger partial charge in [-0.05, 0) is 58.0 Å². The van der Waals surface area contributed by atoms with E-state index in [0.29, 0.717) is 11.7 Å². The summed E-state index contributed by atoms with van der Waals surface area (Å²) in [6.07, 6.45) is 0. The Hall–Kier alpha value is -1.10. The number of thiocarbonyl (C=S) groups is 1. The van der Waals surface area contributed by atoms with Gasteiger partial charge in [0.1, 0.15) is 0 Å². The van der Waals surface area contributed by atoms with E-state index in [-0.39, 0.29) is 0 Å². The van der Waals surface area contributed by atoms with Gasteiger partial charge >= 0.3 is 0 Å². The van der Waals surface area contributed by atoms with Crippen LogP contribution in [0.2, 0.25) is 5.02 Å². The molecular formula is C14H12BrClN2S. The van der Waals surface area contributed by atoms with Crippen molar-refractivity contribution in [1.82, 2.24) is 5.32 Å². The van der Waals surface area contributed by atoms with Gasteiger partial charge in [-0.2, -0.15) is 0 Å². The Balaban J connectivity index is 1.88. The van der Waals surface area contributed by atoms with Crippen molar-refractivity contribution in [3.05, 3.63) is 63.6 Å². The van der Waals surface area contributed by atoms with Crippen LogP contribution in [-0.2, 0) is 6.54 Å². The summed E-state index contributed by atoms with van der Waals surface area (Å²) in [6.45, 7) is 0.660. The molecule has 2 rings (SSSR count). The normalized spacial score (nSPS) is 10.0. The average Bonchev–Trinajstić information content (AvgIpc) is 2.41. The molecule has 0 bridgehead atoms. The second-order valence-electron chi connectivity index (χ2n) is 3.91. The van der Waals surface area contributed by atoms with Crippen molar-refractivity contribution in [3.8, 4) is 0 Å². The van der Waals surface area contributed by atoms with E-state index in [1.54, 1.807) is 0 Å². The fraction of sp³-hybridized carbons (Fsp3) is 0.0714. The van der Waals surface area contributed by atoms with Gasteiger partial charge < -0.3 is 10.6 Å². The summed E-state index contributed by atoms with van der Waals surface area (Å²) in [5.74, 6) is 0. The van der Waals surface area contributed by atoms with Crippen LogP contribution in [0.25, 0.3) is 0 Å². The Morgan fingerprint density at radius 3 is 2.47 bits per heavy atom. The third kappa shape index (κ3) is 4.49. The number of benzene rings is 2. The first-order chi connectivity index (χ1) is 9.15. The molecule has 2 aromatic carbocycles. The van der Waals surface area contributed by atoms with Crippen LogP contribution in [0.4, 0.5) is 5.69 Å². The Morgan fingerprint density at radius 1 is 1.11 bits per heavy atom. The molecule has 0 saturated carbocycles. The van der Waals surface area contributed by atoms with Gasteiger partial charge in [0.25, 0.3) is 0 Å². The van der Waals surface area contributed by atoms with Crippen molar-refractivity contribution in [3.63, 3.8) is 0 Å². The molecule has 0 heterocycles. The predicted molar refractivity (Wildman–Crippen MR) is 88.7 cm³/mol. The van der Waals surface area contributed by atoms with Gasteiger partial charge in [0.15, 0.2) is 5.11 Å². The summed E-state index contributed by atoms with van der Waals surface area (Å²) in [7, 11) is 0. The van der Waals surface area contributed by atoms with E-state index >= 15 is 0 Å². The highest BCUT2D eigenvalue weighted by molar-refractivity contribution is 9.10. The van der Waals surface area contributed by atoms with Crippen molar-refractivity contribution in [2.75, 3.05) is 5.32 Å². The van der Waals surface area contributed by atoms with Gasteiger partial charge in [0.2, 0.25) is 0 Å². The maximum absolute atomic E-state index is 5.84. The molecule has 19 heavy (non-hydrogen) atoms. The molecular weight excluding hydrogens is 344 g/mol. The van der Waals surface area contributed by atoms with Crippen LogP contribution >= 0.6 is 39.7 Å². The third-order valence-electron chi connectivity index (χ3n) is 2.49. The predicted octanol–water partition coefficient (Wildman–Crippen LogP) is 4.59. The van der Waals surface area contributed by atoms with E-state index < -0.39 is 0 Å². The number of anilines is 1. The Labute approximate surface area is 131 Å². The summed E-state index contributed by atoms with van der Waals surface area (Å²) in [4.78, 5) is 0. The van der Waals surface area contributed by atoms with Crippen LogP contribution in [0.3, 0.4) is 0 Å². The molecule has 5 heteroatoms. The minimum Gasteiger partial charge on any atom is -0.358 e. The molecule has 0 atom stereocenters. The quantitative estimate of drug-likeness (QED) is 0.788. The molecule has 0 aromatic heterocycles. The van der Waals surface area contributed by atoms with E-state index in [1.165, 1.54) is 0 Å². The topological polar surface area (TPSA) is 24.1 Å². The molecule has 98 valence electrons. The highest BCUT2D eigenvalue weighted by Gasteiger charge is 2.01. The zero-order chi connectivity index (χ0) is 13.7. The first kappa shape index (κ1) is 14.3. The van der Waals surface area contributed by atoms with Gasteiger partial charge in [-0.1, -0.05) is 35.9 Å². The SMILES string of the molecule is S=C(NCc1ccc(Cl)cc1)Nc1ccccc1Br. The zero-order valence-electron chi connectivity index (χ0n) is 9.99. The summed E-state index contributed by atoms with van der Waals surface area (Å²) < 4.78 is 0.977. The van der Waals surface area contributed by atoms with Gasteiger partial charge in [-0.3, -0.25) is 0 Å². The zero-order valence-corrected chi connectivity index (χ0v) is 13.1. The van der Waals surface area contributed by atoms with Crippen LogP contribution < -0.4 is 10.6 Å². The Bertz CT molecular complexity index is 572. The van der Waals surface area contributed by atoms with E-state index in [1.807, 2.05) is 48.5 Å². The van der Waals surface area contributed by atoms with Gasteiger partial charge in [0.05, 0.1) is 5.69 Å². The minimum absolute atomic E-state index is 0.585. The fourth-order valence-electron chi connectivity index (χ4n) is 1.51. The lowest BCUT2D eigenvalue weighted by molar-refractivity contribution is 0.926. The number of nitrogens with one attached hydrogen (secondary N) is 2. The van der Waals surface area contributed by atoms with Gasteiger partial charge in [-0.15, -0.1) is 0 Å². The first-order valence-corrected chi connectivity index (χ1v) is 7.27. The van der Waals surface area contributed by atoms with E-state index in [2.05, 4.69) is 26.6 Å². The third-order valence-corrected chi connectivity index (χ3v) is 3.68. The lowest BCUT2D eigenvalue weighted by atomic mass is 10.2. The number of rotatable bonds is 3. The number of hydrogen-bond acceptors (Lipinski definition) is 1. The largest absolute Gasteiger partial charge is 0.358 e. The van der Waals surface area contributed by atoms with Crippen molar-refractivity contribution in [2.45, 2.75) is 6.54 Å². The lowest BCUT2D eigenvalue weighted by Crippen LogP contribution is -2.27. The summed E-state index contributed by atoms with van der Waals surface area (Å²) in [6, 6.07) is 15.5. The molecule has 2 nitrogen and oxygen atoms in total. The minimum atomic E-state index is 0.585. The van der Waals surface area contributed by atoms with Crippen LogP contribution in [0.15, 0.2) is 53.0 Å². The summed E-state index contributed by atoms with van der Waals surface area (Å²) in [5, 5.41) is 7.61. The molecule has 0 aliphatic heterocycles. The second kappa shape index (κ2) is 6.89. The second-order valence-corrected chi connectivity index (χ2v) is 5.61. The van der Waals surface area contributed by atoms with E-state index in [4.69, 9.17) is 23.8 Å². The van der Waals surface area contributed by atoms with E-state index in [9.17, 15) is 0 Å². The summed E-state index contributed by atoms with van der Waals surface area (Å²) >= 11 is 14.6.